The lowest BCUT2D eigenvalue weighted by atomic mass is 10.1. The number of aliphatic hydroxyl groups excluding tert-OH is 1. The van der Waals surface area contributed by atoms with Crippen LogP contribution in [0, 0.1) is 0 Å². The monoisotopic (exact) mass is 414 g/mol. The number of rotatable bonds is 5. The number of imidazole rings is 1. The average molecular weight is 415 g/mol. The van der Waals surface area contributed by atoms with Crippen molar-refractivity contribution in [1.29, 1.82) is 0 Å². The lowest BCUT2D eigenvalue weighted by Crippen LogP contribution is -2.05. The topological polar surface area (TPSA) is 55.9 Å². The average Bonchev–Trinajstić information content (AvgIpc) is 3.37. The molecule has 2 heterocycles. The number of benzene rings is 3. The van der Waals surface area contributed by atoms with Crippen molar-refractivity contribution in [1.82, 2.24) is 19.3 Å². The summed E-state index contributed by atoms with van der Waals surface area (Å²) in [6.45, 7) is 0.416. The molecular weight excluding hydrogens is 396 g/mol. The van der Waals surface area contributed by atoms with Gasteiger partial charge in [-0.05, 0) is 36.4 Å². The molecule has 30 heavy (non-hydrogen) atoms. The molecule has 5 rings (SSSR count). The lowest BCUT2D eigenvalue weighted by molar-refractivity contribution is 0.267. The summed E-state index contributed by atoms with van der Waals surface area (Å²) in [5, 5.41) is 15.4. The van der Waals surface area contributed by atoms with Gasteiger partial charge in [-0.1, -0.05) is 54.1 Å². The van der Waals surface area contributed by atoms with Crippen LogP contribution in [0.5, 0.6) is 0 Å². The molecule has 0 unspecified atom stereocenters. The number of hydrogen-bond acceptors (Lipinski definition) is 3. The summed E-state index contributed by atoms with van der Waals surface area (Å²) in [5.74, 6) is 0.630. The highest BCUT2D eigenvalue weighted by atomic mass is 35.5. The number of aromatic nitrogens is 4. The summed E-state index contributed by atoms with van der Waals surface area (Å²) in [4.78, 5) is 4.57. The first-order valence-corrected chi connectivity index (χ1v) is 10.1. The number of fused-ring (bicyclic) bond motifs is 1. The first kappa shape index (κ1) is 18.6. The van der Waals surface area contributed by atoms with Gasteiger partial charge in [-0.3, -0.25) is 0 Å². The number of para-hydroxylation sites is 3. The first-order valence-electron chi connectivity index (χ1n) is 9.68. The van der Waals surface area contributed by atoms with Gasteiger partial charge in [0.25, 0.3) is 0 Å². The van der Waals surface area contributed by atoms with E-state index in [1.165, 1.54) is 0 Å². The summed E-state index contributed by atoms with van der Waals surface area (Å²) in [7, 11) is 0. The Morgan fingerprint density at radius 1 is 0.867 bits per heavy atom. The third kappa shape index (κ3) is 3.38. The number of halogens is 1. The van der Waals surface area contributed by atoms with Crippen LogP contribution in [0.2, 0.25) is 5.02 Å². The minimum Gasteiger partial charge on any atom is -0.388 e. The SMILES string of the molecule is OCc1nc2ccccc2n1Cc1cn(-c2ccccc2)nc1-c1ccc(Cl)cc1. The summed E-state index contributed by atoms with van der Waals surface area (Å²) in [5.41, 5.74) is 5.72. The molecule has 0 amide bonds. The van der Waals surface area contributed by atoms with Crippen LogP contribution in [0.3, 0.4) is 0 Å². The Bertz CT molecular complexity index is 1310. The fraction of sp³-hybridized carbons (Fsp3) is 0.0833. The summed E-state index contributed by atoms with van der Waals surface area (Å²) < 4.78 is 3.93. The van der Waals surface area contributed by atoms with Gasteiger partial charge in [0.05, 0.1) is 29.0 Å². The first-order chi connectivity index (χ1) is 14.7. The molecule has 0 aliphatic rings. The van der Waals surface area contributed by atoms with Crippen molar-refractivity contribution >= 4 is 22.6 Å². The van der Waals surface area contributed by atoms with Crippen LogP contribution in [0.1, 0.15) is 11.4 Å². The lowest BCUT2D eigenvalue weighted by Gasteiger charge is -2.08. The second kappa shape index (κ2) is 7.78. The molecule has 0 aliphatic heterocycles. The molecule has 0 fully saturated rings. The normalized spacial score (nSPS) is 11.3. The third-order valence-corrected chi connectivity index (χ3v) is 5.38. The van der Waals surface area contributed by atoms with Gasteiger partial charge in [-0.25, -0.2) is 9.67 Å². The number of aliphatic hydroxyl groups is 1. The maximum absolute atomic E-state index is 9.88. The highest BCUT2D eigenvalue weighted by molar-refractivity contribution is 6.30. The van der Waals surface area contributed by atoms with Gasteiger partial charge in [-0.2, -0.15) is 5.10 Å². The maximum atomic E-state index is 9.88. The zero-order valence-electron chi connectivity index (χ0n) is 16.1. The van der Waals surface area contributed by atoms with Gasteiger partial charge < -0.3 is 9.67 Å². The quantitative estimate of drug-likeness (QED) is 0.436. The van der Waals surface area contributed by atoms with E-state index in [4.69, 9.17) is 16.7 Å². The van der Waals surface area contributed by atoms with Gasteiger partial charge in [-0.15, -0.1) is 0 Å². The van der Waals surface area contributed by atoms with Crippen molar-refractivity contribution < 1.29 is 5.11 Å². The number of nitrogens with zero attached hydrogens (tertiary/aromatic N) is 4. The van der Waals surface area contributed by atoms with E-state index < -0.39 is 0 Å². The number of hydrogen-bond donors (Lipinski definition) is 1. The molecule has 1 N–H and O–H groups in total. The Hall–Kier alpha value is -3.41. The van der Waals surface area contributed by atoms with Gasteiger partial charge in [0.15, 0.2) is 0 Å². The minimum absolute atomic E-state index is 0.127. The van der Waals surface area contributed by atoms with Gasteiger partial charge in [0, 0.05) is 22.3 Å². The molecule has 0 saturated heterocycles. The second-order valence-electron chi connectivity index (χ2n) is 7.05. The summed E-state index contributed by atoms with van der Waals surface area (Å²) in [6, 6.07) is 25.6. The van der Waals surface area contributed by atoms with E-state index in [0.717, 1.165) is 33.5 Å². The van der Waals surface area contributed by atoms with Gasteiger partial charge >= 0.3 is 0 Å². The largest absolute Gasteiger partial charge is 0.388 e. The fourth-order valence-electron chi connectivity index (χ4n) is 3.68. The molecule has 0 spiro atoms. The van der Waals surface area contributed by atoms with Crippen LogP contribution in [0.15, 0.2) is 85.1 Å². The van der Waals surface area contributed by atoms with Crippen LogP contribution >= 0.6 is 11.6 Å². The Balaban J connectivity index is 1.66. The van der Waals surface area contributed by atoms with E-state index in [-0.39, 0.29) is 6.61 Å². The fourth-order valence-corrected chi connectivity index (χ4v) is 3.81. The van der Waals surface area contributed by atoms with E-state index in [9.17, 15) is 5.11 Å². The zero-order chi connectivity index (χ0) is 20.5. The molecule has 3 aromatic carbocycles. The van der Waals surface area contributed by atoms with Crippen LogP contribution in [-0.4, -0.2) is 24.4 Å². The van der Waals surface area contributed by atoms with Crippen molar-refractivity contribution in [3.8, 4) is 16.9 Å². The Labute approximate surface area is 178 Å². The predicted octanol–water partition coefficient (Wildman–Crippen LogP) is 5.08. The molecule has 5 aromatic rings. The van der Waals surface area contributed by atoms with Crippen molar-refractivity contribution in [2.24, 2.45) is 0 Å². The maximum Gasteiger partial charge on any atom is 0.136 e. The van der Waals surface area contributed by atoms with Gasteiger partial charge in [0.2, 0.25) is 0 Å². The predicted molar refractivity (Wildman–Crippen MR) is 119 cm³/mol. The highest BCUT2D eigenvalue weighted by Crippen LogP contribution is 2.27. The molecule has 5 nitrogen and oxygen atoms in total. The summed E-state index contributed by atoms with van der Waals surface area (Å²) in [6.07, 6.45) is 2.04. The molecule has 2 aromatic heterocycles. The van der Waals surface area contributed by atoms with E-state index in [1.54, 1.807) is 0 Å². The van der Waals surface area contributed by atoms with E-state index in [2.05, 4.69) is 4.98 Å². The molecular formula is C24H19ClN4O. The second-order valence-corrected chi connectivity index (χ2v) is 7.49. The van der Waals surface area contributed by atoms with E-state index in [1.807, 2.05) is 94.3 Å². The van der Waals surface area contributed by atoms with Crippen molar-refractivity contribution in [3.63, 3.8) is 0 Å². The van der Waals surface area contributed by atoms with E-state index >= 15 is 0 Å². The van der Waals surface area contributed by atoms with Crippen molar-refractivity contribution in [3.05, 3.63) is 101 Å². The highest BCUT2D eigenvalue weighted by Gasteiger charge is 2.16. The molecule has 0 atom stereocenters. The van der Waals surface area contributed by atoms with Crippen LogP contribution < -0.4 is 0 Å². The van der Waals surface area contributed by atoms with Gasteiger partial charge in [0.1, 0.15) is 12.4 Å². The standard InChI is InChI=1S/C24H19ClN4O/c25-19-12-10-17(11-13-19)24-18(15-29(27-24)20-6-2-1-3-7-20)14-28-22-9-5-4-8-21(22)26-23(28)16-30/h1-13,15,30H,14,16H2. The van der Waals surface area contributed by atoms with Crippen molar-refractivity contribution in [2.45, 2.75) is 13.2 Å². The van der Waals surface area contributed by atoms with Crippen LogP contribution in [0.25, 0.3) is 28.0 Å². The zero-order valence-corrected chi connectivity index (χ0v) is 16.9. The minimum atomic E-state index is -0.127. The molecule has 0 aliphatic carbocycles. The third-order valence-electron chi connectivity index (χ3n) is 5.13. The Morgan fingerprint density at radius 3 is 2.37 bits per heavy atom. The van der Waals surface area contributed by atoms with E-state index in [0.29, 0.717) is 17.4 Å². The Kier molecular flexibility index (Phi) is 4.83. The van der Waals surface area contributed by atoms with Crippen LogP contribution in [0.4, 0.5) is 0 Å². The summed E-state index contributed by atoms with van der Waals surface area (Å²) >= 11 is 6.09. The molecule has 0 saturated carbocycles. The molecule has 0 radical (unpaired) electrons. The molecule has 6 heteroatoms. The molecule has 148 valence electrons. The van der Waals surface area contributed by atoms with Crippen molar-refractivity contribution in [2.75, 3.05) is 0 Å². The molecule has 0 bridgehead atoms. The Morgan fingerprint density at radius 2 is 1.60 bits per heavy atom. The van der Waals surface area contributed by atoms with Crippen LogP contribution in [-0.2, 0) is 13.2 Å². The smallest absolute Gasteiger partial charge is 0.136 e.